The van der Waals surface area contributed by atoms with Crippen LogP contribution in [0.2, 0.25) is 0 Å². The van der Waals surface area contributed by atoms with Crippen LogP contribution in [-0.4, -0.2) is 101 Å². The summed E-state index contributed by atoms with van der Waals surface area (Å²) in [6.45, 7) is 3.39. The number of carbonyl (C=O) groups excluding carboxylic acids is 2. The lowest BCUT2D eigenvalue weighted by Gasteiger charge is -2.22. The molecule has 4 heterocycles. The van der Waals surface area contributed by atoms with Crippen LogP contribution in [0.3, 0.4) is 0 Å². The van der Waals surface area contributed by atoms with Crippen LogP contribution in [0.15, 0.2) is 30.6 Å². The number of benzene rings is 1. The van der Waals surface area contributed by atoms with E-state index < -0.39 is 0 Å². The lowest BCUT2D eigenvalue weighted by Crippen LogP contribution is -2.41. The number of likely N-dealkylation sites (tertiary alicyclic amines) is 1. The van der Waals surface area contributed by atoms with Crippen molar-refractivity contribution in [2.45, 2.75) is 18.2 Å². The fraction of sp³-hybridized carbons (Fsp3) is 0.550. The molecule has 3 amide bonds. The Hall–Kier alpha value is -2.65. The number of urea groups is 1. The van der Waals surface area contributed by atoms with E-state index in [1.165, 1.54) is 0 Å². The monoisotopic (exact) mass is 399 g/mol. The van der Waals surface area contributed by atoms with Gasteiger partial charge in [-0.3, -0.25) is 4.79 Å². The standard InChI is InChI=1S/C20H25N5O4/c1-22-6-7-23(20(22)27)10-19(26)24-8-17-18(9-24)29-12-14(11-28-17)25-13-21-15-4-2-3-5-16(15)25/h2-5,13-14,17-18H,6-12H2,1H3/t17-,18-/m0/s1. The summed E-state index contributed by atoms with van der Waals surface area (Å²) in [5.74, 6) is -0.0499. The second kappa shape index (κ2) is 7.31. The molecule has 9 heteroatoms. The van der Waals surface area contributed by atoms with Crippen molar-refractivity contribution in [1.82, 2.24) is 24.3 Å². The number of para-hydroxylation sites is 2. The van der Waals surface area contributed by atoms with Gasteiger partial charge in [0.2, 0.25) is 5.91 Å². The Morgan fingerprint density at radius 2 is 1.86 bits per heavy atom. The minimum absolute atomic E-state index is 0.0499. The number of carbonyl (C=O) groups is 2. The maximum absolute atomic E-state index is 12.7. The van der Waals surface area contributed by atoms with Crippen molar-refractivity contribution in [1.29, 1.82) is 0 Å². The highest BCUT2D eigenvalue weighted by atomic mass is 16.6. The van der Waals surface area contributed by atoms with Gasteiger partial charge in [-0.05, 0) is 12.1 Å². The number of hydrogen-bond acceptors (Lipinski definition) is 5. The smallest absolute Gasteiger partial charge is 0.320 e. The highest BCUT2D eigenvalue weighted by molar-refractivity contribution is 5.85. The van der Waals surface area contributed by atoms with Crippen LogP contribution in [0.25, 0.3) is 11.0 Å². The molecule has 5 rings (SSSR count). The Labute approximate surface area is 168 Å². The van der Waals surface area contributed by atoms with Crippen LogP contribution in [-0.2, 0) is 14.3 Å². The van der Waals surface area contributed by atoms with Crippen molar-refractivity contribution in [2.75, 3.05) is 53.0 Å². The van der Waals surface area contributed by atoms with Gasteiger partial charge in [-0.15, -0.1) is 0 Å². The van der Waals surface area contributed by atoms with E-state index in [1.807, 2.05) is 30.6 Å². The molecule has 2 atom stereocenters. The van der Waals surface area contributed by atoms with E-state index in [2.05, 4.69) is 9.55 Å². The molecule has 0 saturated carbocycles. The number of fused-ring (bicyclic) bond motifs is 2. The van der Waals surface area contributed by atoms with Crippen LogP contribution in [0.1, 0.15) is 6.04 Å². The van der Waals surface area contributed by atoms with E-state index in [4.69, 9.17) is 9.47 Å². The molecule has 0 unspecified atom stereocenters. The molecule has 29 heavy (non-hydrogen) atoms. The lowest BCUT2D eigenvalue weighted by atomic mass is 10.2. The van der Waals surface area contributed by atoms with E-state index in [9.17, 15) is 9.59 Å². The van der Waals surface area contributed by atoms with Crippen molar-refractivity contribution in [2.24, 2.45) is 0 Å². The molecule has 3 fully saturated rings. The molecule has 0 bridgehead atoms. The molecule has 1 aromatic carbocycles. The minimum Gasteiger partial charge on any atom is -0.371 e. The third-order valence-electron chi connectivity index (χ3n) is 6.08. The van der Waals surface area contributed by atoms with E-state index in [0.717, 1.165) is 11.0 Å². The van der Waals surface area contributed by atoms with E-state index in [-0.39, 0.29) is 36.7 Å². The Morgan fingerprint density at radius 1 is 1.14 bits per heavy atom. The zero-order chi connectivity index (χ0) is 20.0. The summed E-state index contributed by atoms with van der Waals surface area (Å²) in [7, 11) is 1.75. The van der Waals surface area contributed by atoms with Gasteiger partial charge in [0, 0.05) is 33.2 Å². The molecule has 0 N–H and O–H groups in total. The Bertz CT molecular complexity index is 914. The molecule has 0 spiro atoms. The molecule has 9 nitrogen and oxygen atoms in total. The normalized spacial score (nSPS) is 25.7. The van der Waals surface area contributed by atoms with Crippen molar-refractivity contribution < 1.29 is 19.1 Å². The molecular formula is C20H25N5O4. The Balaban J connectivity index is 1.21. The molecule has 0 aliphatic carbocycles. The zero-order valence-electron chi connectivity index (χ0n) is 16.4. The van der Waals surface area contributed by atoms with Crippen LogP contribution in [0.5, 0.6) is 0 Å². The molecule has 2 aromatic rings. The molecule has 3 aliphatic heterocycles. The van der Waals surface area contributed by atoms with Gasteiger partial charge in [-0.1, -0.05) is 12.1 Å². The second-order valence-electron chi connectivity index (χ2n) is 7.96. The molecule has 154 valence electrons. The van der Waals surface area contributed by atoms with Crippen LogP contribution in [0, 0.1) is 0 Å². The van der Waals surface area contributed by atoms with Gasteiger partial charge >= 0.3 is 6.03 Å². The number of imidazole rings is 1. The molecule has 3 aliphatic rings. The summed E-state index contributed by atoms with van der Waals surface area (Å²) in [5.41, 5.74) is 2.02. The first-order chi connectivity index (χ1) is 14.1. The molecule has 3 saturated heterocycles. The predicted octanol–water partition coefficient (Wildman–Crippen LogP) is 0.571. The zero-order valence-corrected chi connectivity index (χ0v) is 16.4. The van der Waals surface area contributed by atoms with Gasteiger partial charge in [0.1, 0.15) is 18.8 Å². The summed E-state index contributed by atoms with van der Waals surface area (Å²) in [5, 5.41) is 0. The van der Waals surface area contributed by atoms with Crippen molar-refractivity contribution in [3.63, 3.8) is 0 Å². The van der Waals surface area contributed by atoms with Crippen molar-refractivity contribution in [3.8, 4) is 0 Å². The van der Waals surface area contributed by atoms with Crippen LogP contribution < -0.4 is 0 Å². The second-order valence-corrected chi connectivity index (χ2v) is 7.96. The summed E-state index contributed by atoms with van der Waals surface area (Å²) in [4.78, 5) is 34.1. The summed E-state index contributed by atoms with van der Waals surface area (Å²) >= 11 is 0. The van der Waals surface area contributed by atoms with Crippen molar-refractivity contribution >= 4 is 23.0 Å². The number of likely N-dealkylation sites (N-methyl/N-ethyl adjacent to an activating group) is 1. The van der Waals surface area contributed by atoms with E-state index in [1.54, 1.807) is 21.7 Å². The van der Waals surface area contributed by atoms with Gasteiger partial charge in [0.15, 0.2) is 0 Å². The number of ether oxygens (including phenoxy) is 2. The van der Waals surface area contributed by atoms with Gasteiger partial charge < -0.3 is 28.7 Å². The Kier molecular flexibility index (Phi) is 4.63. The van der Waals surface area contributed by atoms with Crippen molar-refractivity contribution in [3.05, 3.63) is 30.6 Å². The van der Waals surface area contributed by atoms with E-state index in [0.29, 0.717) is 39.4 Å². The molecule has 0 radical (unpaired) electrons. The van der Waals surface area contributed by atoms with Crippen LogP contribution >= 0.6 is 0 Å². The maximum atomic E-state index is 12.7. The minimum atomic E-state index is -0.143. The predicted molar refractivity (Wildman–Crippen MR) is 104 cm³/mol. The third kappa shape index (κ3) is 3.34. The number of nitrogens with zero attached hydrogens (tertiary/aromatic N) is 5. The summed E-state index contributed by atoms with van der Waals surface area (Å²) in [6.07, 6.45) is 1.55. The third-order valence-corrected chi connectivity index (χ3v) is 6.08. The first-order valence-corrected chi connectivity index (χ1v) is 10.0. The number of aromatic nitrogens is 2. The SMILES string of the molecule is CN1CCN(CC(=O)N2C[C@@H]3OCC(n4cnc5ccccc54)CO[C@H]3C2)C1=O. The molecular weight excluding hydrogens is 374 g/mol. The average Bonchev–Trinajstić information content (AvgIpc) is 3.39. The lowest BCUT2D eigenvalue weighted by molar-refractivity contribution is -0.131. The van der Waals surface area contributed by atoms with E-state index >= 15 is 0 Å². The summed E-state index contributed by atoms with van der Waals surface area (Å²) < 4.78 is 14.4. The van der Waals surface area contributed by atoms with Gasteiger partial charge in [0.25, 0.3) is 0 Å². The topological polar surface area (TPSA) is 80.1 Å². The number of rotatable bonds is 3. The Morgan fingerprint density at radius 3 is 2.55 bits per heavy atom. The first kappa shape index (κ1) is 18.4. The van der Waals surface area contributed by atoms with Gasteiger partial charge in [0.05, 0.1) is 36.6 Å². The fourth-order valence-corrected chi connectivity index (χ4v) is 4.33. The fourth-order valence-electron chi connectivity index (χ4n) is 4.33. The van der Waals surface area contributed by atoms with Gasteiger partial charge in [-0.2, -0.15) is 0 Å². The van der Waals surface area contributed by atoms with Gasteiger partial charge in [-0.25, -0.2) is 9.78 Å². The number of hydrogen-bond donors (Lipinski definition) is 0. The highest BCUT2D eigenvalue weighted by Gasteiger charge is 2.40. The largest absolute Gasteiger partial charge is 0.371 e. The summed E-state index contributed by atoms with van der Waals surface area (Å²) in [6, 6.07) is 7.98. The quantitative estimate of drug-likeness (QED) is 0.754. The van der Waals surface area contributed by atoms with Crippen LogP contribution in [0.4, 0.5) is 4.79 Å². The maximum Gasteiger partial charge on any atom is 0.320 e. The average molecular weight is 399 g/mol. The number of amides is 3. The highest BCUT2D eigenvalue weighted by Crippen LogP contribution is 2.26. The first-order valence-electron chi connectivity index (χ1n) is 10.0. The molecule has 1 aromatic heterocycles.